The fraction of sp³-hybridized carbons (Fsp3) is 0.367. The first-order valence-electron chi connectivity index (χ1n) is 13.5. The summed E-state index contributed by atoms with van der Waals surface area (Å²) in [7, 11) is -3.82. The number of ether oxygens (including phenoxy) is 1. The standard InChI is InChI=1S/C30H35ClN4O4S/c1-40(37,38)35(22-30(15-17-32-18-16-30)25-12-6-8-14-28(25)35)34-29(36)27(33-19-23-9-3-2-4-10-23)21-39-20-24-11-5-7-13-26(24)31/h2-14,27,32-33H,15-22H2,1H3/p+1. The molecule has 8 nitrogen and oxygen atoms in total. The number of nitrogens with one attached hydrogen (secondary N) is 3. The van der Waals surface area contributed by atoms with Crippen LogP contribution < -0.4 is 20.1 Å². The Morgan fingerprint density at radius 1 is 1.02 bits per heavy atom. The average Bonchev–Trinajstić information content (AvgIpc) is 3.22. The zero-order valence-electron chi connectivity index (χ0n) is 22.6. The van der Waals surface area contributed by atoms with E-state index in [2.05, 4.69) is 16.1 Å². The summed E-state index contributed by atoms with van der Waals surface area (Å²) in [6.07, 6.45) is 2.79. The van der Waals surface area contributed by atoms with Gasteiger partial charge in [-0.15, -0.1) is 0 Å². The van der Waals surface area contributed by atoms with E-state index >= 15 is 0 Å². The Balaban J connectivity index is 1.42. The third kappa shape index (κ3) is 5.81. The normalized spacial score (nSPS) is 20.6. The quantitative estimate of drug-likeness (QED) is 0.315. The predicted octanol–water partition coefficient (Wildman–Crippen LogP) is 3.65. The van der Waals surface area contributed by atoms with E-state index in [1.54, 1.807) is 6.07 Å². The van der Waals surface area contributed by atoms with Gasteiger partial charge < -0.3 is 10.1 Å². The number of halogens is 1. The van der Waals surface area contributed by atoms with Crippen LogP contribution in [0.2, 0.25) is 5.02 Å². The highest BCUT2D eigenvalue weighted by molar-refractivity contribution is 7.90. The topological polar surface area (TPSA) is 96.5 Å². The van der Waals surface area contributed by atoms with Gasteiger partial charge in [0.1, 0.15) is 12.6 Å². The van der Waals surface area contributed by atoms with Crippen LogP contribution in [0.3, 0.4) is 0 Å². The molecular weight excluding hydrogens is 548 g/mol. The van der Waals surface area contributed by atoms with Crippen LogP contribution in [0, 0.1) is 0 Å². The second-order valence-electron chi connectivity index (χ2n) is 10.7. The van der Waals surface area contributed by atoms with E-state index in [1.165, 1.54) is 6.26 Å². The summed E-state index contributed by atoms with van der Waals surface area (Å²) in [5.74, 6) is -0.443. The van der Waals surface area contributed by atoms with Crippen LogP contribution in [0.15, 0.2) is 78.9 Å². The highest BCUT2D eigenvalue weighted by atomic mass is 35.5. The van der Waals surface area contributed by atoms with Crippen molar-refractivity contribution >= 4 is 33.2 Å². The number of hydrogen-bond acceptors (Lipinski definition) is 6. The third-order valence-electron chi connectivity index (χ3n) is 8.02. The molecule has 212 valence electrons. The van der Waals surface area contributed by atoms with E-state index in [-0.39, 0.29) is 25.2 Å². The minimum absolute atomic E-state index is 0.0321. The number of nitrogens with zero attached hydrogens (tertiary/aromatic N) is 1. The van der Waals surface area contributed by atoms with Gasteiger partial charge in [0.25, 0.3) is 5.91 Å². The predicted molar refractivity (Wildman–Crippen MR) is 158 cm³/mol. The molecule has 1 amide bonds. The van der Waals surface area contributed by atoms with E-state index in [4.69, 9.17) is 16.3 Å². The summed E-state index contributed by atoms with van der Waals surface area (Å²) in [6, 6.07) is 23.9. The lowest BCUT2D eigenvalue weighted by Crippen LogP contribution is -2.68. The maximum absolute atomic E-state index is 14.0. The molecule has 2 unspecified atom stereocenters. The van der Waals surface area contributed by atoms with E-state index in [1.807, 2.05) is 72.8 Å². The van der Waals surface area contributed by atoms with Crippen LogP contribution >= 0.6 is 11.6 Å². The summed E-state index contributed by atoms with van der Waals surface area (Å²) in [5, 5.41) is 7.26. The van der Waals surface area contributed by atoms with Crippen molar-refractivity contribution in [3.05, 3.63) is 101 Å². The van der Waals surface area contributed by atoms with Gasteiger partial charge >= 0.3 is 10.0 Å². The number of piperidine rings is 1. The van der Waals surface area contributed by atoms with Gasteiger partial charge in [-0.1, -0.05) is 82.3 Å². The average molecular weight is 584 g/mol. The number of benzene rings is 3. The molecule has 1 spiro atoms. The highest BCUT2D eigenvalue weighted by Gasteiger charge is 2.60. The van der Waals surface area contributed by atoms with Gasteiger partial charge in [0.15, 0.2) is 5.69 Å². The Hall–Kier alpha value is -2.79. The zero-order chi connectivity index (χ0) is 28.2. The molecule has 0 aliphatic carbocycles. The zero-order valence-corrected chi connectivity index (χ0v) is 24.2. The summed E-state index contributed by atoms with van der Waals surface area (Å²) in [6.45, 7) is 2.52. The molecule has 2 heterocycles. The first-order chi connectivity index (χ1) is 19.2. The lowest BCUT2D eigenvalue weighted by Gasteiger charge is -2.36. The highest BCUT2D eigenvalue weighted by Crippen LogP contribution is 2.50. The van der Waals surface area contributed by atoms with Gasteiger partial charge in [0.2, 0.25) is 0 Å². The van der Waals surface area contributed by atoms with Gasteiger partial charge in [-0.25, -0.2) is 0 Å². The molecule has 3 aromatic carbocycles. The van der Waals surface area contributed by atoms with Gasteiger partial charge in [-0.2, -0.15) is 13.8 Å². The van der Waals surface area contributed by atoms with Crippen LogP contribution in [0.1, 0.15) is 29.5 Å². The van der Waals surface area contributed by atoms with E-state index < -0.39 is 26.0 Å². The maximum atomic E-state index is 14.0. The SMILES string of the molecule is CS(=O)(=O)[N+]1(NC(=O)C(COCc2ccccc2Cl)NCc2ccccc2)CC2(CCNCC2)c2ccccc21. The molecule has 3 N–H and O–H groups in total. The molecule has 0 saturated carbocycles. The maximum Gasteiger partial charge on any atom is 0.321 e. The van der Waals surface area contributed by atoms with Crippen LogP contribution in [0.5, 0.6) is 0 Å². The van der Waals surface area contributed by atoms with Crippen molar-refractivity contribution in [3.63, 3.8) is 0 Å². The number of para-hydroxylation sites is 1. The van der Waals surface area contributed by atoms with E-state index in [9.17, 15) is 13.2 Å². The Labute approximate surface area is 241 Å². The summed E-state index contributed by atoms with van der Waals surface area (Å²) < 4.78 is 32.5. The Morgan fingerprint density at radius 3 is 2.42 bits per heavy atom. The summed E-state index contributed by atoms with van der Waals surface area (Å²) >= 11 is 6.30. The third-order valence-corrected chi connectivity index (χ3v) is 9.94. The Bertz CT molecular complexity index is 1450. The molecule has 1 fully saturated rings. The van der Waals surface area contributed by atoms with Crippen molar-refractivity contribution in [2.45, 2.75) is 37.5 Å². The minimum atomic E-state index is -3.82. The van der Waals surface area contributed by atoms with Gasteiger partial charge in [-0.3, -0.25) is 10.1 Å². The van der Waals surface area contributed by atoms with Crippen molar-refractivity contribution < 1.29 is 17.9 Å². The molecule has 0 bridgehead atoms. The molecule has 2 aliphatic heterocycles. The van der Waals surface area contributed by atoms with Crippen molar-refractivity contribution in [1.29, 1.82) is 0 Å². The Kier molecular flexibility index (Phi) is 8.61. The van der Waals surface area contributed by atoms with Crippen LogP contribution in [0.4, 0.5) is 5.69 Å². The monoisotopic (exact) mass is 583 g/mol. The van der Waals surface area contributed by atoms with Crippen molar-refractivity contribution in [1.82, 2.24) is 20.1 Å². The molecule has 2 aliphatic rings. The largest absolute Gasteiger partial charge is 0.375 e. The number of sulfonamides is 1. The second-order valence-corrected chi connectivity index (χ2v) is 13.2. The van der Waals surface area contributed by atoms with Crippen LogP contribution in [-0.2, 0) is 38.1 Å². The number of carbonyl (C=O) groups excluding carboxylic acids is 1. The number of carbonyl (C=O) groups is 1. The molecule has 3 aromatic rings. The molecule has 2 atom stereocenters. The number of fused-ring (bicyclic) bond motifs is 2. The smallest absolute Gasteiger partial charge is 0.321 e. The van der Waals surface area contributed by atoms with E-state index in [0.717, 1.165) is 42.6 Å². The molecule has 0 aromatic heterocycles. The molecular formula is C30H36ClN4O4S+. The number of quaternary nitrogens is 1. The second kappa shape index (κ2) is 12.0. The van der Waals surface area contributed by atoms with Gasteiger partial charge in [0.05, 0.1) is 24.9 Å². The fourth-order valence-corrected chi connectivity index (χ4v) is 7.31. The van der Waals surface area contributed by atoms with Crippen LogP contribution in [-0.4, -0.2) is 52.9 Å². The first kappa shape index (κ1) is 28.7. The lowest BCUT2D eigenvalue weighted by molar-refractivity contribution is -0.127. The molecule has 5 rings (SSSR count). The van der Waals surface area contributed by atoms with Crippen molar-refractivity contribution in [2.75, 3.05) is 32.5 Å². The van der Waals surface area contributed by atoms with Crippen molar-refractivity contribution in [3.8, 4) is 0 Å². The number of rotatable bonds is 10. The van der Waals surface area contributed by atoms with Gasteiger partial charge in [0, 0.05) is 23.2 Å². The van der Waals surface area contributed by atoms with Gasteiger partial charge in [-0.05, 0) is 43.1 Å². The summed E-state index contributed by atoms with van der Waals surface area (Å²) in [5.41, 5.74) is 6.05. The van der Waals surface area contributed by atoms with E-state index in [0.29, 0.717) is 17.3 Å². The fourth-order valence-electron chi connectivity index (χ4n) is 5.87. The molecule has 40 heavy (non-hydrogen) atoms. The number of hydrogen-bond donors (Lipinski definition) is 3. The molecule has 10 heteroatoms. The summed E-state index contributed by atoms with van der Waals surface area (Å²) in [4.78, 5) is 14.0. The molecule has 1 saturated heterocycles. The first-order valence-corrected chi connectivity index (χ1v) is 15.8. The Morgan fingerprint density at radius 2 is 1.70 bits per heavy atom. The van der Waals surface area contributed by atoms with Crippen molar-refractivity contribution in [2.24, 2.45) is 0 Å². The lowest BCUT2D eigenvalue weighted by atomic mass is 9.75. The number of amides is 1. The van der Waals surface area contributed by atoms with Crippen LogP contribution in [0.25, 0.3) is 0 Å². The minimum Gasteiger partial charge on any atom is -0.375 e. The molecule has 0 radical (unpaired) electrons.